The number of hydrogen-bond donors (Lipinski definition) is 2. The van der Waals surface area contributed by atoms with Gasteiger partial charge in [-0.2, -0.15) is 0 Å². The maximum atomic E-state index is 9.24. The van der Waals surface area contributed by atoms with E-state index in [0.717, 1.165) is 18.0 Å². The topological polar surface area (TPSA) is 41.5 Å². The molecule has 13 heavy (non-hydrogen) atoms. The van der Waals surface area contributed by atoms with E-state index in [4.69, 9.17) is 4.74 Å². The Bertz CT molecular complexity index is 312. The first-order valence-corrected chi connectivity index (χ1v) is 4.45. The average Bonchev–Trinajstić information content (AvgIpc) is 2.29. The molecule has 1 heterocycles. The maximum absolute atomic E-state index is 9.24. The van der Waals surface area contributed by atoms with Crippen LogP contribution in [0.3, 0.4) is 0 Å². The summed E-state index contributed by atoms with van der Waals surface area (Å²) in [5.74, 6) is 1.48. The third-order valence-corrected chi connectivity index (χ3v) is 2.13. The number of phenols is 1. The molecule has 1 aliphatic rings. The van der Waals surface area contributed by atoms with Crippen molar-refractivity contribution in [3.8, 4) is 11.5 Å². The predicted molar refractivity (Wildman–Crippen MR) is 51.3 cm³/mol. The van der Waals surface area contributed by atoms with E-state index in [1.54, 1.807) is 12.1 Å². The first kappa shape index (κ1) is 8.23. The lowest BCUT2D eigenvalue weighted by atomic mass is 10.2. The summed E-state index contributed by atoms with van der Waals surface area (Å²) in [5.41, 5.74) is 0.960. The second kappa shape index (κ2) is 3.17. The zero-order valence-corrected chi connectivity index (χ0v) is 7.58. The molecule has 0 aromatic heterocycles. The lowest BCUT2D eigenvalue weighted by Gasteiger charge is -2.06. The molecule has 0 aliphatic carbocycles. The molecule has 3 nitrogen and oxygen atoms in total. The van der Waals surface area contributed by atoms with Crippen LogP contribution in [0, 0.1) is 5.92 Å². The normalized spacial score (nSPS) is 20.8. The van der Waals surface area contributed by atoms with Gasteiger partial charge in [0.2, 0.25) is 0 Å². The largest absolute Gasteiger partial charge is 0.508 e. The first-order valence-electron chi connectivity index (χ1n) is 4.45. The predicted octanol–water partition coefficient (Wildman–Crippen LogP) is 1.83. The van der Waals surface area contributed by atoms with Gasteiger partial charge in [-0.15, -0.1) is 0 Å². The number of aromatic hydroxyl groups is 1. The van der Waals surface area contributed by atoms with Gasteiger partial charge in [0.05, 0.1) is 12.3 Å². The second-order valence-corrected chi connectivity index (χ2v) is 3.48. The van der Waals surface area contributed by atoms with E-state index >= 15 is 0 Å². The fourth-order valence-electron chi connectivity index (χ4n) is 1.35. The van der Waals surface area contributed by atoms with Crippen LogP contribution < -0.4 is 10.1 Å². The molecule has 2 N–H and O–H groups in total. The molecule has 0 amide bonds. The maximum Gasteiger partial charge on any atom is 0.146 e. The Morgan fingerprint density at radius 2 is 2.38 bits per heavy atom. The molecular formula is C10H13NO2. The molecule has 1 aromatic carbocycles. The van der Waals surface area contributed by atoms with E-state index in [-0.39, 0.29) is 5.75 Å². The standard InChI is InChI=1S/C10H13NO2/c1-7-5-11-9-3-2-8(12)4-10(9)13-6-7/h2-4,7,11-12H,5-6H2,1H3. The lowest BCUT2D eigenvalue weighted by Crippen LogP contribution is -2.13. The number of fused-ring (bicyclic) bond motifs is 1. The van der Waals surface area contributed by atoms with Crippen LogP contribution in [0.15, 0.2) is 18.2 Å². The highest BCUT2D eigenvalue weighted by atomic mass is 16.5. The van der Waals surface area contributed by atoms with Gasteiger partial charge >= 0.3 is 0 Å². The minimum absolute atomic E-state index is 0.245. The second-order valence-electron chi connectivity index (χ2n) is 3.48. The van der Waals surface area contributed by atoms with Gasteiger partial charge < -0.3 is 15.2 Å². The van der Waals surface area contributed by atoms with Crippen LogP contribution >= 0.6 is 0 Å². The van der Waals surface area contributed by atoms with Crippen molar-refractivity contribution in [2.24, 2.45) is 5.92 Å². The van der Waals surface area contributed by atoms with Gasteiger partial charge in [-0.1, -0.05) is 6.92 Å². The van der Waals surface area contributed by atoms with E-state index in [9.17, 15) is 5.11 Å². The summed E-state index contributed by atoms with van der Waals surface area (Å²) in [6.07, 6.45) is 0. The van der Waals surface area contributed by atoms with E-state index in [1.807, 2.05) is 6.07 Å². The molecule has 1 atom stereocenters. The molecule has 70 valence electrons. The molecule has 0 spiro atoms. The molecule has 1 aromatic rings. The van der Waals surface area contributed by atoms with Crippen LogP contribution in [0.2, 0.25) is 0 Å². The number of anilines is 1. The number of hydrogen-bond acceptors (Lipinski definition) is 3. The van der Waals surface area contributed by atoms with E-state index in [2.05, 4.69) is 12.2 Å². The summed E-state index contributed by atoms with van der Waals surface area (Å²) in [6.45, 7) is 3.74. The molecule has 2 rings (SSSR count). The van der Waals surface area contributed by atoms with Crippen LogP contribution in [-0.4, -0.2) is 18.3 Å². The highest BCUT2D eigenvalue weighted by Gasteiger charge is 2.12. The van der Waals surface area contributed by atoms with Crippen LogP contribution in [0.1, 0.15) is 6.92 Å². The van der Waals surface area contributed by atoms with Crippen molar-refractivity contribution < 1.29 is 9.84 Å². The zero-order chi connectivity index (χ0) is 9.26. The average molecular weight is 179 g/mol. The van der Waals surface area contributed by atoms with Crippen molar-refractivity contribution in [1.29, 1.82) is 0 Å². The Balaban J connectivity index is 2.30. The summed E-state index contributed by atoms with van der Waals surface area (Å²) < 4.78 is 5.52. The molecule has 0 bridgehead atoms. The summed E-state index contributed by atoms with van der Waals surface area (Å²) in [5, 5.41) is 12.5. The van der Waals surface area contributed by atoms with Crippen molar-refractivity contribution >= 4 is 5.69 Å². The number of nitrogens with one attached hydrogen (secondary N) is 1. The van der Waals surface area contributed by atoms with Gasteiger partial charge in [-0.25, -0.2) is 0 Å². The van der Waals surface area contributed by atoms with Gasteiger partial charge in [0.15, 0.2) is 0 Å². The van der Waals surface area contributed by atoms with Crippen molar-refractivity contribution in [2.45, 2.75) is 6.92 Å². The van der Waals surface area contributed by atoms with Gasteiger partial charge in [0, 0.05) is 18.5 Å². The monoisotopic (exact) mass is 179 g/mol. The molecule has 0 saturated heterocycles. The summed E-state index contributed by atoms with van der Waals surface area (Å²) in [7, 11) is 0. The lowest BCUT2D eigenvalue weighted by molar-refractivity contribution is 0.274. The minimum atomic E-state index is 0.245. The van der Waals surface area contributed by atoms with E-state index < -0.39 is 0 Å². The van der Waals surface area contributed by atoms with Gasteiger partial charge in [0.1, 0.15) is 11.5 Å². The molecular weight excluding hydrogens is 166 g/mol. The Hall–Kier alpha value is -1.38. The summed E-state index contributed by atoms with van der Waals surface area (Å²) in [6, 6.07) is 5.13. The molecule has 3 heteroatoms. The number of benzene rings is 1. The Labute approximate surface area is 77.3 Å². The Morgan fingerprint density at radius 3 is 3.23 bits per heavy atom. The summed E-state index contributed by atoms with van der Waals surface area (Å²) >= 11 is 0. The summed E-state index contributed by atoms with van der Waals surface area (Å²) in [4.78, 5) is 0. The third kappa shape index (κ3) is 1.69. The number of phenolic OH excluding ortho intramolecular Hbond substituents is 1. The molecule has 1 aliphatic heterocycles. The highest BCUT2D eigenvalue weighted by molar-refractivity contribution is 5.59. The fourth-order valence-corrected chi connectivity index (χ4v) is 1.35. The van der Waals surface area contributed by atoms with Crippen LogP contribution in [0.5, 0.6) is 11.5 Å². The zero-order valence-electron chi connectivity index (χ0n) is 7.58. The van der Waals surface area contributed by atoms with Crippen LogP contribution in [0.4, 0.5) is 5.69 Å². The molecule has 0 fully saturated rings. The fraction of sp³-hybridized carbons (Fsp3) is 0.400. The van der Waals surface area contributed by atoms with Gasteiger partial charge in [-0.3, -0.25) is 0 Å². The van der Waals surface area contributed by atoms with Crippen LogP contribution in [-0.2, 0) is 0 Å². The minimum Gasteiger partial charge on any atom is -0.508 e. The smallest absolute Gasteiger partial charge is 0.146 e. The van der Waals surface area contributed by atoms with Crippen molar-refractivity contribution in [3.05, 3.63) is 18.2 Å². The molecule has 0 saturated carbocycles. The molecule has 1 unspecified atom stereocenters. The van der Waals surface area contributed by atoms with E-state index in [0.29, 0.717) is 12.5 Å². The van der Waals surface area contributed by atoms with Crippen LogP contribution in [0.25, 0.3) is 0 Å². The SMILES string of the molecule is CC1CNc2ccc(O)cc2OC1. The van der Waals surface area contributed by atoms with Crippen molar-refractivity contribution in [2.75, 3.05) is 18.5 Å². The Morgan fingerprint density at radius 1 is 1.54 bits per heavy atom. The number of rotatable bonds is 0. The molecule has 0 radical (unpaired) electrons. The quantitative estimate of drug-likeness (QED) is 0.597. The van der Waals surface area contributed by atoms with Crippen molar-refractivity contribution in [3.63, 3.8) is 0 Å². The third-order valence-electron chi connectivity index (χ3n) is 2.13. The van der Waals surface area contributed by atoms with Gasteiger partial charge in [0.25, 0.3) is 0 Å². The van der Waals surface area contributed by atoms with Gasteiger partial charge in [-0.05, 0) is 12.1 Å². The number of ether oxygens (including phenoxy) is 1. The van der Waals surface area contributed by atoms with Crippen molar-refractivity contribution in [1.82, 2.24) is 0 Å². The Kier molecular flexibility index (Phi) is 2.00. The van der Waals surface area contributed by atoms with E-state index in [1.165, 1.54) is 0 Å². The highest BCUT2D eigenvalue weighted by Crippen LogP contribution is 2.30. The first-order chi connectivity index (χ1) is 6.25.